The summed E-state index contributed by atoms with van der Waals surface area (Å²) in [4.78, 5) is 0. The van der Waals surface area contributed by atoms with Crippen LogP contribution >= 0.6 is 0 Å². The van der Waals surface area contributed by atoms with Crippen molar-refractivity contribution in [1.82, 2.24) is 0 Å². The van der Waals surface area contributed by atoms with Gasteiger partial charge in [0.15, 0.2) is 0 Å². The molecule has 50 heavy (non-hydrogen) atoms. The Bertz CT molecular complexity index is 1770. The van der Waals surface area contributed by atoms with Crippen molar-refractivity contribution < 1.29 is 0 Å². The zero-order chi connectivity index (χ0) is 36.6. The summed E-state index contributed by atoms with van der Waals surface area (Å²) in [7, 11) is -8.69. The van der Waals surface area contributed by atoms with Crippen LogP contribution in [-0.2, 0) is 0 Å². The summed E-state index contributed by atoms with van der Waals surface area (Å²) in [5, 5.41) is 14.7. The van der Waals surface area contributed by atoms with Gasteiger partial charge in [0.2, 0.25) is 0 Å². The lowest BCUT2D eigenvalue weighted by atomic mass is 10.1. The smallest absolute Gasteiger partial charge is 0.0645 e. The molecule has 0 nitrogen and oxygen atoms in total. The maximum atomic E-state index is 2.98. The molecule has 0 saturated carbocycles. The van der Waals surface area contributed by atoms with Gasteiger partial charge < -0.3 is 0 Å². The van der Waals surface area contributed by atoms with Gasteiger partial charge in [-0.2, -0.15) is 0 Å². The molecule has 3 aromatic carbocycles. The first-order valence-corrected chi connectivity index (χ1v) is 29.0. The molecule has 0 unspecified atom stereocenters. The van der Waals surface area contributed by atoms with E-state index in [4.69, 9.17) is 0 Å². The normalized spacial score (nSPS) is 20.3. The van der Waals surface area contributed by atoms with Gasteiger partial charge >= 0.3 is 0 Å². The molecule has 0 aliphatic carbocycles. The number of hydrogen-bond acceptors (Lipinski definition) is 0. The molecule has 0 saturated heterocycles. The molecule has 0 aromatic heterocycles. The molecule has 0 spiro atoms. The van der Waals surface area contributed by atoms with E-state index in [1.807, 2.05) is 31.2 Å². The third-order valence-electron chi connectivity index (χ3n) is 15.3. The molecule has 0 atom stereocenters. The van der Waals surface area contributed by atoms with Gasteiger partial charge in [0.25, 0.3) is 0 Å². The van der Waals surface area contributed by atoms with Gasteiger partial charge in [-0.15, -0.1) is 0 Å². The van der Waals surface area contributed by atoms with Gasteiger partial charge in [-0.05, 0) is 108 Å². The fourth-order valence-corrected chi connectivity index (χ4v) is 42.0. The van der Waals surface area contributed by atoms with Crippen LogP contribution in [0.3, 0.4) is 0 Å². The molecule has 4 heterocycles. The average Bonchev–Trinajstić information content (AvgIpc) is 3.71. The predicted octanol–water partition coefficient (Wildman–Crippen LogP) is 11.6. The lowest BCUT2D eigenvalue weighted by Gasteiger charge is -2.44. The summed E-state index contributed by atoms with van der Waals surface area (Å²) in [5.41, 5.74) is 11.9. The van der Waals surface area contributed by atoms with Crippen molar-refractivity contribution in [1.29, 1.82) is 0 Å². The largest absolute Gasteiger partial charge is 0.124 e. The van der Waals surface area contributed by atoms with Gasteiger partial charge in [-0.1, -0.05) is 171 Å². The molecule has 7 rings (SSSR count). The minimum absolute atomic E-state index is 0.633. The first kappa shape index (κ1) is 36.4. The van der Waals surface area contributed by atoms with E-state index >= 15 is 0 Å². The minimum atomic E-state index is -2.21. The van der Waals surface area contributed by atoms with Crippen molar-refractivity contribution in [3.05, 3.63) is 82.9 Å². The summed E-state index contributed by atoms with van der Waals surface area (Å²) in [6, 6.07) is 25.7. The lowest BCUT2D eigenvalue weighted by molar-refractivity contribution is 0.928. The molecule has 4 aliphatic rings. The standard InChI is InChI=1S/C46H66Si4/c1-27(2)47(28(3)4)39-23-19-17-21-35(39)43-45(47)37-25-42-38(26-41(37)49(43,31(9)10)32(11)12)46-44(50(42,33(13)14)34(15)16)36-22-18-20-24-40(36)48(46,29(5)6)30(7)8/h17-34H,1-16H3. The van der Waals surface area contributed by atoms with Crippen LogP contribution in [0.15, 0.2) is 60.7 Å². The predicted molar refractivity (Wildman–Crippen MR) is 235 cm³/mol. The Balaban J connectivity index is 1.71. The fourth-order valence-electron chi connectivity index (χ4n) is 14.1. The summed E-state index contributed by atoms with van der Waals surface area (Å²) < 4.78 is 0. The van der Waals surface area contributed by atoms with Crippen LogP contribution < -0.4 is 20.7 Å². The molecule has 0 fully saturated rings. The summed E-state index contributed by atoms with van der Waals surface area (Å²) in [6.45, 7) is 41.7. The van der Waals surface area contributed by atoms with Gasteiger partial charge in [0, 0.05) is 0 Å². The molecule has 4 aliphatic heterocycles. The summed E-state index contributed by atoms with van der Waals surface area (Å²) in [5.74, 6) is 0. The van der Waals surface area contributed by atoms with Crippen molar-refractivity contribution >= 4 is 73.8 Å². The van der Waals surface area contributed by atoms with Crippen LogP contribution in [-0.4, -0.2) is 32.3 Å². The van der Waals surface area contributed by atoms with E-state index in [0.717, 1.165) is 0 Å². The maximum absolute atomic E-state index is 2.98. The zero-order valence-electron chi connectivity index (χ0n) is 34.4. The number of hydrogen-bond donors (Lipinski definition) is 0. The molecule has 0 amide bonds. The first-order chi connectivity index (χ1) is 23.5. The molecule has 0 N–H and O–H groups in total. The number of fused-ring (bicyclic) bond motifs is 8. The monoisotopic (exact) mass is 730 g/mol. The summed E-state index contributed by atoms with van der Waals surface area (Å²) in [6.07, 6.45) is 0. The highest BCUT2D eigenvalue weighted by Gasteiger charge is 2.66. The average molecular weight is 731 g/mol. The Morgan fingerprint density at radius 1 is 0.280 bits per heavy atom. The van der Waals surface area contributed by atoms with Crippen molar-refractivity contribution in [2.75, 3.05) is 0 Å². The van der Waals surface area contributed by atoms with Crippen LogP contribution in [0.2, 0.25) is 44.3 Å². The van der Waals surface area contributed by atoms with Gasteiger partial charge in [0.05, 0.1) is 0 Å². The SMILES string of the molecule is CC(C)[Si]1(C(C)C)C2=C(c3ccccc31)[Si](C(C)C)(C(C)C)c1cc3c(cc12)[Si](C(C)C)(C(C)C)C1=C3[Si](C(C)C)(C(C)C)c2ccccc21. The van der Waals surface area contributed by atoms with Gasteiger partial charge in [-0.3, -0.25) is 0 Å². The Kier molecular flexibility index (Phi) is 8.55. The Morgan fingerprint density at radius 3 is 0.760 bits per heavy atom. The Morgan fingerprint density at radius 2 is 0.500 bits per heavy atom. The number of benzene rings is 3. The number of rotatable bonds is 8. The minimum Gasteiger partial charge on any atom is -0.0645 e. The van der Waals surface area contributed by atoms with E-state index in [2.05, 4.69) is 171 Å². The molecular weight excluding hydrogens is 665 g/mol. The molecule has 0 bridgehead atoms. The third kappa shape index (κ3) is 3.83. The highest BCUT2D eigenvalue weighted by Crippen LogP contribution is 2.63. The fraction of sp³-hybridized carbons (Fsp3) is 0.522. The van der Waals surface area contributed by atoms with Gasteiger partial charge in [0.1, 0.15) is 32.3 Å². The second-order valence-corrected chi connectivity index (χ2v) is 39.6. The highest BCUT2D eigenvalue weighted by atomic mass is 28.3. The van der Waals surface area contributed by atoms with Crippen LogP contribution in [0.1, 0.15) is 133 Å². The van der Waals surface area contributed by atoms with Crippen LogP contribution in [0.5, 0.6) is 0 Å². The molecular formula is C46H66Si4. The Hall–Kier alpha value is -1.99. The second kappa shape index (κ2) is 11.8. The third-order valence-corrected chi connectivity index (χ3v) is 41.0. The zero-order valence-corrected chi connectivity index (χ0v) is 38.4. The summed E-state index contributed by atoms with van der Waals surface area (Å²) >= 11 is 0. The van der Waals surface area contributed by atoms with E-state index in [1.54, 1.807) is 32.6 Å². The van der Waals surface area contributed by atoms with Gasteiger partial charge in [-0.25, -0.2) is 0 Å². The Labute approximate surface area is 310 Å². The van der Waals surface area contributed by atoms with Crippen LogP contribution in [0.25, 0.3) is 20.8 Å². The topological polar surface area (TPSA) is 0 Å². The van der Waals surface area contributed by atoms with E-state index < -0.39 is 32.3 Å². The van der Waals surface area contributed by atoms with E-state index in [-0.39, 0.29) is 0 Å². The first-order valence-electron chi connectivity index (χ1n) is 20.4. The van der Waals surface area contributed by atoms with Crippen LogP contribution in [0, 0.1) is 0 Å². The highest BCUT2D eigenvalue weighted by molar-refractivity contribution is 7.25. The van der Waals surface area contributed by atoms with E-state index in [0.29, 0.717) is 44.3 Å². The van der Waals surface area contributed by atoms with Crippen molar-refractivity contribution in [3.8, 4) is 0 Å². The van der Waals surface area contributed by atoms with Crippen molar-refractivity contribution in [2.24, 2.45) is 0 Å². The maximum Gasteiger partial charge on any atom is 0.124 e. The van der Waals surface area contributed by atoms with E-state index in [9.17, 15) is 0 Å². The molecule has 4 heteroatoms. The lowest BCUT2D eigenvalue weighted by Crippen LogP contribution is -2.59. The van der Waals surface area contributed by atoms with Crippen molar-refractivity contribution in [3.63, 3.8) is 0 Å². The van der Waals surface area contributed by atoms with Crippen LogP contribution in [0.4, 0.5) is 0 Å². The quantitative estimate of drug-likeness (QED) is 0.202. The molecule has 3 aromatic rings. The van der Waals surface area contributed by atoms with Crippen molar-refractivity contribution in [2.45, 2.75) is 155 Å². The molecule has 266 valence electrons. The molecule has 0 radical (unpaired) electrons. The second-order valence-electron chi connectivity index (χ2n) is 19.2. The van der Waals surface area contributed by atoms with E-state index in [1.165, 1.54) is 0 Å².